The standard InChI is InChI=1S/C32H23F6N3O6S2/c1-2-46-21-13-15(11-12-20(21)47-14-22(42)39-18-9-5-3-7-16(18)31(33,34)35)23-24-26(48-27-25(23)49-30(45)40-27)29(44)41(28(24)43)19-10-6-4-8-17(19)32(36,37)38/h3-13,23-24,26H,2,14H2,1H3,(H,39,42)(H,40,45)/t23-,24-,26+/m0/s1. The number of aromatic nitrogens is 1. The highest BCUT2D eigenvalue weighted by atomic mass is 32.2. The van der Waals surface area contributed by atoms with Crippen LogP contribution in [0.15, 0.2) is 76.6 Å². The molecule has 256 valence electrons. The number of fused-ring (bicyclic) bond motifs is 2. The lowest BCUT2D eigenvalue weighted by Crippen LogP contribution is -2.33. The second-order valence-electron chi connectivity index (χ2n) is 10.8. The van der Waals surface area contributed by atoms with Crippen molar-refractivity contribution in [1.82, 2.24) is 4.98 Å². The second kappa shape index (κ2) is 12.9. The Morgan fingerprint density at radius 2 is 1.55 bits per heavy atom. The number of carbonyl (C=O) groups is 3. The predicted octanol–water partition coefficient (Wildman–Crippen LogP) is 6.69. The van der Waals surface area contributed by atoms with Crippen molar-refractivity contribution in [3.05, 3.63) is 98.0 Å². The lowest BCUT2D eigenvalue weighted by Gasteiger charge is -2.30. The average molecular weight is 724 g/mol. The summed E-state index contributed by atoms with van der Waals surface area (Å²) in [6.45, 7) is 1.04. The number of carbonyl (C=O) groups excluding carboxylic acids is 3. The molecule has 49 heavy (non-hydrogen) atoms. The fourth-order valence-corrected chi connectivity index (χ4v) is 8.31. The smallest absolute Gasteiger partial charge is 0.418 e. The van der Waals surface area contributed by atoms with Gasteiger partial charge in [-0.05, 0) is 48.9 Å². The lowest BCUT2D eigenvalue weighted by molar-refractivity contribution is -0.138. The van der Waals surface area contributed by atoms with Gasteiger partial charge in [-0.3, -0.25) is 19.2 Å². The van der Waals surface area contributed by atoms with Gasteiger partial charge in [-0.2, -0.15) is 26.3 Å². The van der Waals surface area contributed by atoms with E-state index < -0.39 is 81.1 Å². The van der Waals surface area contributed by atoms with Gasteiger partial charge in [0, 0.05) is 10.8 Å². The molecule has 1 aromatic heterocycles. The maximum absolute atomic E-state index is 14.0. The summed E-state index contributed by atoms with van der Waals surface area (Å²) in [5, 5.41) is 1.30. The van der Waals surface area contributed by atoms with E-state index in [1.807, 2.05) is 0 Å². The summed E-state index contributed by atoms with van der Waals surface area (Å²) in [4.78, 5) is 55.8. The van der Waals surface area contributed by atoms with E-state index in [9.17, 15) is 45.5 Å². The molecule has 3 atom stereocenters. The number of alkyl halides is 6. The van der Waals surface area contributed by atoms with Gasteiger partial charge in [-0.1, -0.05) is 53.4 Å². The van der Waals surface area contributed by atoms with E-state index in [1.165, 1.54) is 36.4 Å². The summed E-state index contributed by atoms with van der Waals surface area (Å²) in [6, 6.07) is 13.0. The summed E-state index contributed by atoms with van der Waals surface area (Å²) in [7, 11) is 0. The fourth-order valence-electron chi connectivity index (χ4n) is 5.80. The number of thiazole rings is 1. The number of anilines is 2. The number of nitrogens with zero attached hydrogens (tertiary/aromatic N) is 1. The van der Waals surface area contributed by atoms with Crippen molar-refractivity contribution in [3.8, 4) is 11.5 Å². The topological polar surface area (TPSA) is 118 Å². The van der Waals surface area contributed by atoms with Gasteiger partial charge in [-0.15, -0.1) is 0 Å². The molecular weight excluding hydrogens is 700 g/mol. The largest absolute Gasteiger partial charge is 0.490 e. The molecule has 2 N–H and O–H groups in total. The van der Waals surface area contributed by atoms with Crippen molar-refractivity contribution in [2.75, 3.05) is 23.4 Å². The molecule has 4 aromatic rings. The number of imide groups is 1. The first-order valence-electron chi connectivity index (χ1n) is 14.5. The number of rotatable bonds is 8. The third-order valence-electron chi connectivity index (χ3n) is 7.77. The number of thioether (sulfide) groups is 1. The molecule has 0 spiro atoms. The van der Waals surface area contributed by atoms with Crippen molar-refractivity contribution < 1.29 is 50.2 Å². The average Bonchev–Trinajstić information content (AvgIpc) is 3.53. The molecule has 3 amide bonds. The van der Waals surface area contributed by atoms with E-state index in [4.69, 9.17) is 9.47 Å². The third-order valence-corrected chi connectivity index (χ3v) is 10.2. The van der Waals surface area contributed by atoms with E-state index in [0.717, 1.165) is 53.4 Å². The van der Waals surface area contributed by atoms with E-state index in [0.29, 0.717) is 20.4 Å². The number of hydrogen-bond acceptors (Lipinski definition) is 8. The van der Waals surface area contributed by atoms with Gasteiger partial charge >= 0.3 is 17.2 Å². The summed E-state index contributed by atoms with van der Waals surface area (Å²) in [6.07, 6.45) is -9.57. The Morgan fingerprint density at radius 3 is 2.24 bits per heavy atom. The van der Waals surface area contributed by atoms with E-state index in [1.54, 1.807) is 6.92 Å². The number of amides is 3. The highest BCUT2D eigenvalue weighted by Gasteiger charge is 2.57. The van der Waals surface area contributed by atoms with Gasteiger partial charge < -0.3 is 19.8 Å². The van der Waals surface area contributed by atoms with Crippen molar-refractivity contribution in [3.63, 3.8) is 0 Å². The maximum Gasteiger partial charge on any atom is 0.418 e. The fraction of sp³-hybridized carbons (Fsp3) is 0.250. The Morgan fingerprint density at radius 1 is 0.878 bits per heavy atom. The van der Waals surface area contributed by atoms with Crippen molar-refractivity contribution in [2.24, 2.45) is 5.92 Å². The second-order valence-corrected chi connectivity index (χ2v) is 13.0. The van der Waals surface area contributed by atoms with Gasteiger partial charge in [0.2, 0.25) is 11.8 Å². The zero-order chi connectivity index (χ0) is 35.2. The number of nitrogens with one attached hydrogen (secondary N) is 2. The summed E-state index contributed by atoms with van der Waals surface area (Å²) in [5.74, 6) is -4.75. The minimum absolute atomic E-state index is 0.0172. The van der Waals surface area contributed by atoms with Gasteiger partial charge in [0.1, 0.15) is 5.25 Å². The molecule has 9 nitrogen and oxygen atoms in total. The molecule has 17 heteroatoms. The molecule has 0 saturated carbocycles. The zero-order valence-corrected chi connectivity index (χ0v) is 26.6. The van der Waals surface area contributed by atoms with Crippen LogP contribution in [-0.2, 0) is 26.7 Å². The molecule has 1 fully saturated rings. The Hall–Kier alpha value is -4.77. The van der Waals surface area contributed by atoms with Crippen LogP contribution in [0.2, 0.25) is 0 Å². The van der Waals surface area contributed by atoms with Gasteiger partial charge in [-0.25, -0.2) is 4.90 Å². The number of para-hydroxylation sites is 2. The third kappa shape index (κ3) is 6.51. The van der Waals surface area contributed by atoms with Crippen LogP contribution in [0.3, 0.4) is 0 Å². The van der Waals surface area contributed by atoms with Crippen LogP contribution < -0.4 is 24.6 Å². The first kappa shape index (κ1) is 34.1. The molecule has 2 aliphatic rings. The van der Waals surface area contributed by atoms with E-state index in [-0.39, 0.29) is 18.1 Å². The van der Waals surface area contributed by atoms with E-state index >= 15 is 0 Å². The highest BCUT2D eigenvalue weighted by molar-refractivity contribution is 8.00. The molecule has 3 heterocycles. The monoisotopic (exact) mass is 723 g/mol. The van der Waals surface area contributed by atoms with Crippen molar-refractivity contribution >= 4 is 52.2 Å². The molecule has 0 bridgehead atoms. The highest BCUT2D eigenvalue weighted by Crippen LogP contribution is 2.54. The Balaban J connectivity index is 1.32. The molecular formula is C32H23F6N3O6S2. The summed E-state index contributed by atoms with van der Waals surface area (Å²) in [5.41, 5.74) is -2.91. The molecule has 2 aliphatic heterocycles. The van der Waals surface area contributed by atoms with Crippen LogP contribution in [0, 0.1) is 5.92 Å². The Kier molecular flexibility index (Phi) is 9.00. The van der Waals surface area contributed by atoms with Gasteiger partial charge in [0.25, 0.3) is 5.91 Å². The van der Waals surface area contributed by atoms with Gasteiger partial charge in [0.15, 0.2) is 18.1 Å². The molecule has 1 saturated heterocycles. The number of benzene rings is 3. The summed E-state index contributed by atoms with van der Waals surface area (Å²) >= 11 is 1.69. The van der Waals surface area contributed by atoms with E-state index in [2.05, 4.69) is 10.3 Å². The number of hydrogen-bond donors (Lipinski definition) is 2. The van der Waals surface area contributed by atoms with Crippen LogP contribution in [0.1, 0.15) is 34.4 Å². The molecule has 0 aliphatic carbocycles. The summed E-state index contributed by atoms with van der Waals surface area (Å²) < 4.78 is 93.2. The van der Waals surface area contributed by atoms with Crippen molar-refractivity contribution in [1.29, 1.82) is 0 Å². The predicted molar refractivity (Wildman–Crippen MR) is 167 cm³/mol. The van der Waals surface area contributed by atoms with Crippen LogP contribution >= 0.6 is 23.1 Å². The minimum Gasteiger partial charge on any atom is -0.490 e. The number of H-pyrrole nitrogens is 1. The van der Waals surface area contributed by atoms with Gasteiger partial charge in [0.05, 0.1) is 40.1 Å². The van der Waals surface area contributed by atoms with Crippen LogP contribution in [-0.4, -0.2) is 41.2 Å². The zero-order valence-electron chi connectivity index (χ0n) is 25.0. The quantitative estimate of drug-likeness (QED) is 0.154. The molecule has 6 rings (SSSR count). The van der Waals surface area contributed by atoms with Crippen LogP contribution in [0.25, 0.3) is 0 Å². The Labute approximate surface area is 281 Å². The lowest BCUT2D eigenvalue weighted by atomic mass is 9.83. The molecule has 0 unspecified atom stereocenters. The molecule has 3 aromatic carbocycles. The van der Waals surface area contributed by atoms with Crippen LogP contribution in [0.4, 0.5) is 37.7 Å². The SMILES string of the molecule is CCOc1cc([C@@H]2c3sc(=O)[nH]c3S[C@H]3C(=O)N(c4ccccc4C(F)(F)F)C(=O)[C@@H]23)ccc1OCC(=O)Nc1ccccc1C(F)(F)F. The molecule has 0 radical (unpaired) electrons. The Bertz CT molecular complexity index is 2010. The number of halogens is 6. The van der Waals surface area contributed by atoms with Crippen LogP contribution in [0.5, 0.6) is 11.5 Å². The first-order valence-corrected chi connectivity index (χ1v) is 16.2. The number of ether oxygens (including phenoxy) is 2. The number of aromatic amines is 1. The van der Waals surface area contributed by atoms with Crippen molar-refractivity contribution in [2.45, 2.75) is 35.5 Å². The normalized spacial score (nSPS) is 19.0. The maximum atomic E-state index is 14.0. The first-order chi connectivity index (χ1) is 23.2. The minimum atomic E-state index is -4.86.